The zero-order valence-electron chi connectivity index (χ0n) is 28.2. The summed E-state index contributed by atoms with van der Waals surface area (Å²) in [6.07, 6.45) is 0. The molecule has 0 radical (unpaired) electrons. The van der Waals surface area contributed by atoms with Crippen LogP contribution in [0.5, 0.6) is 11.5 Å². The summed E-state index contributed by atoms with van der Waals surface area (Å²) in [5.41, 5.74) is 14.0. The second kappa shape index (κ2) is 11.9. The van der Waals surface area contributed by atoms with Crippen LogP contribution < -0.4 is 9.64 Å². The molecule has 2 heterocycles. The van der Waals surface area contributed by atoms with Crippen molar-refractivity contribution in [3.63, 3.8) is 0 Å². The highest BCUT2D eigenvalue weighted by Crippen LogP contribution is 2.63. The molecule has 0 saturated carbocycles. The molecule has 0 unspecified atom stereocenters. The van der Waals surface area contributed by atoms with Gasteiger partial charge in [-0.25, -0.2) is 0 Å². The molecule has 1 spiro atoms. The first-order valence-electron chi connectivity index (χ1n) is 17.8. The van der Waals surface area contributed by atoms with Gasteiger partial charge in [0, 0.05) is 27.9 Å². The van der Waals surface area contributed by atoms with E-state index in [0.717, 1.165) is 61.6 Å². The van der Waals surface area contributed by atoms with Gasteiger partial charge in [-0.3, -0.25) is 0 Å². The summed E-state index contributed by atoms with van der Waals surface area (Å²) in [4.78, 5) is 2.35. The maximum atomic E-state index is 6.87. The molecule has 0 N–H and O–H groups in total. The van der Waals surface area contributed by atoms with E-state index in [2.05, 4.69) is 193 Å². The molecular weight excluding hydrogens is 647 g/mol. The van der Waals surface area contributed by atoms with E-state index in [1.807, 2.05) is 0 Å². The van der Waals surface area contributed by atoms with Crippen molar-refractivity contribution in [2.24, 2.45) is 0 Å². The zero-order valence-corrected chi connectivity index (χ0v) is 28.2. The van der Waals surface area contributed by atoms with Crippen molar-refractivity contribution in [1.29, 1.82) is 0 Å². The first-order chi connectivity index (χ1) is 25.8. The number of nitrogens with zero attached hydrogens (tertiary/aromatic N) is 1. The maximum Gasteiger partial charge on any atom is 0.137 e. The zero-order chi connectivity index (χ0) is 34.2. The average molecular weight is 682 g/mol. The molecule has 2 aliphatic rings. The molecule has 11 rings (SSSR count). The SMILES string of the molecule is C.c1ccc(-c2ccc(N(c3ccccc3)c3cccc4oc5cc6c(cc5c34)-c3ccccc3C63c4ccccc4Oc4ccccc43)cc2)cc1. The minimum absolute atomic E-state index is 0. The van der Waals surface area contributed by atoms with Crippen LogP contribution >= 0.6 is 0 Å². The Labute approximate surface area is 309 Å². The summed E-state index contributed by atoms with van der Waals surface area (Å²) in [6, 6.07) is 66.9. The standard InChI is InChI=1S/C49H31NO2.CH4/c1-3-14-32(15-4-1)33-26-28-35(29-27-33)50(34-16-5-2-6-17-34)43-22-13-25-46-48(43)38-30-37-36-18-7-8-19-39(36)49(42(37)31-47(38)52-46)40-20-9-11-23-44(40)51-45-24-12-10-21-41(45)49;/h1-31H;1H4. The number of para-hydroxylation sites is 3. The van der Waals surface area contributed by atoms with Gasteiger partial charge in [-0.1, -0.05) is 135 Å². The summed E-state index contributed by atoms with van der Waals surface area (Å²) in [6.45, 7) is 0. The lowest BCUT2D eigenvalue weighted by Gasteiger charge is -2.39. The van der Waals surface area contributed by atoms with Crippen molar-refractivity contribution in [3.8, 4) is 33.8 Å². The van der Waals surface area contributed by atoms with E-state index in [1.54, 1.807) is 0 Å². The Morgan fingerprint density at radius 2 is 1.00 bits per heavy atom. The molecule has 1 aliphatic heterocycles. The van der Waals surface area contributed by atoms with Crippen LogP contribution in [0.1, 0.15) is 29.7 Å². The van der Waals surface area contributed by atoms with E-state index in [4.69, 9.17) is 9.15 Å². The van der Waals surface area contributed by atoms with Crippen molar-refractivity contribution in [2.75, 3.05) is 4.90 Å². The highest BCUT2D eigenvalue weighted by Gasteiger charge is 2.51. The van der Waals surface area contributed by atoms with Crippen LogP contribution in [0.3, 0.4) is 0 Å². The van der Waals surface area contributed by atoms with Gasteiger partial charge in [-0.15, -0.1) is 0 Å². The van der Waals surface area contributed by atoms with Crippen molar-refractivity contribution < 1.29 is 9.15 Å². The molecule has 252 valence electrons. The maximum absolute atomic E-state index is 6.87. The fourth-order valence-electron chi connectivity index (χ4n) is 8.78. The summed E-state index contributed by atoms with van der Waals surface area (Å²) < 4.78 is 13.4. The number of benzene rings is 8. The van der Waals surface area contributed by atoms with Crippen molar-refractivity contribution in [1.82, 2.24) is 0 Å². The third kappa shape index (κ3) is 4.41. The van der Waals surface area contributed by atoms with Gasteiger partial charge in [-0.2, -0.15) is 0 Å². The molecule has 1 aromatic heterocycles. The number of hydrogen-bond acceptors (Lipinski definition) is 3. The van der Waals surface area contributed by atoms with E-state index in [1.165, 1.54) is 33.4 Å². The molecular formula is C50H35NO2. The van der Waals surface area contributed by atoms with E-state index in [9.17, 15) is 0 Å². The molecule has 0 bridgehead atoms. The number of hydrogen-bond donors (Lipinski definition) is 0. The van der Waals surface area contributed by atoms with Crippen LogP contribution in [-0.4, -0.2) is 0 Å². The quantitative estimate of drug-likeness (QED) is 0.185. The third-order valence-electron chi connectivity index (χ3n) is 10.9. The molecule has 0 atom stereocenters. The Kier molecular flexibility index (Phi) is 6.93. The minimum atomic E-state index is -0.552. The Morgan fingerprint density at radius 1 is 0.415 bits per heavy atom. The van der Waals surface area contributed by atoms with Gasteiger partial charge in [0.05, 0.1) is 16.5 Å². The molecule has 0 fully saturated rings. The van der Waals surface area contributed by atoms with Crippen LogP contribution in [0.15, 0.2) is 192 Å². The first-order valence-corrected chi connectivity index (χ1v) is 17.8. The van der Waals surface area contributed by atoms with E-state index < -0.39 is 5.41 Å². The fourth-order valence-corrected chi connectivity index (χ4v) is 8.78. The van der Waals surface area contributed by atoms with Crippen molar-refractivity contribution >= 4 is 39.0 Å². The molecule has 9 aromatic rings. The molecule has 3 heteroatoms. The highest BCUT2D eigenvalue weighted by molar-refractivity contribution is 6.15. The van der Waals surface area contributed by atoms with Crippen LogP contribution in [-0.2, 0) is 5.41 Å². The number of ether oxygens (including phenoxy) is 1. The van der Waals surface area contributed by atoms with E-state index in [0.29, 0.717) is 0 Å². The van der Waals surface area contributed by atoms with Crippen LogP contribution in [0.2, 0.25) is 0 Å². The largest absolute Gasteiger partial charge is 0.457 e. The van der Waals surface area contributed by atoms with E-state index in [-0.39, 0.29) is 7.43 Å². The molecule has 3 nitrogen and oxygen atoms in total. The molecule has 1 aliphatic carbocycles. The third-order valence-corrected chi connectivity index (χ3v) is 10.9. The molecule has 0 saturated heterocycles. The van der Waals surface area contributed by atoms with Crippen molar-refractivity contribution in [3.05, 3.63) is 210 Å². The summed E-state index contributed by atoms with van der Waals surface area (Å²) in [7, 11) is 0. The van der Waals surface area contributed by atoms with Gasteiger partial charge in [0.1, 0.15) is 22.7 Å². The second-order valence-electron chi connectivity index (χ2n) is 13.6. The topological polar surface area (TPSA) is 25.6 Å². The number of rotatable bonds is 4. The average Bonchev–Trinajstić information content (AvgIpc) is 3.72. The Bertz CT molecular complexity index is 2770. The van der Waals surface area contributed by atoms with E-state index >= 15 is 0 Å². The van der Waals surface area contributed by atoms with Gasteiger partial charge >= 0.3 is 0 Å². The Morgan fingerprint density at radius 3 is 1.72 bits per heavy atom. The van der Waals surface area contributed by atoms with Crippen LogP contribution in [0.4, 0.5) is 17.1 Å². The molecule has 8 aromatic carbocycles. The lowest BCUT2D eigenvalue weighted by molar-refractivity contribution is 0.436. The smallest absolute Gasteiger partial charge is 0.137 e. The molecule has 0 amide bonds. The second-order valence-corrected chi connectivity index (χ2v) is 13.6. The predicted molar refractivity (Wildman–Crippen MR) is 218 cm³/mol. The van der Waals surface area contributed by atoms with Gasteiger partial charge in [-0.05, 0) is 94.0 Å². The highest BCUT2D eigenvalue weighted by atomic mass is 16.5. The van der Waals surface area contributed by atoms with Crippen LogP contribution in [0.25, 0.3) is 44.2 Å². The summed E-state index contributed by atoms with van der Waals surface area (Å²) >= 11 is 0. The Hall–Kier alpha value is -6.84. The van der Waals surface area contributed by atoms with Crippen molar-refractivity contribution in [2.45, 2.75) is 12.8 Å². The Balaban J connectivity index is 0.00000349. The summed E-state index contributed by atoms with van der Waals surface area (Å²) in [5, 5.41) is 2.18. The lowest BCUT2D eigenvalue weighted by Crippen LogP contribution is -2.32. The van der Waals surface area contributed by atoms with Gasteiger partial charge < -0.3 is 14.1 Å². The van der Waals surface area contributed by atoms with Gasteiger partial charge in [0.25, 0.3) is 0 Å². The van der Waals surface area contributed by atoms with Gasteiger partial charge in [0.15, 0.2) is 0 Å². The monoisotopic (exact) mass is 681 g/mol. The lowest BCUT2D eigenvalue weighted by atomic mass is 9.66. The fraction of sp³-hybridized carbons (Fsp3) is 0.0400. The predicted octanol–water partition coefficient (Wildman–Crippen LogP) is 13.8. The number of fused-ring (bicyclic) bond motifs is 12. The summed E-state index contributed by atoms with van der Waals surface area (Å²) in [5.74, 6) is 1.76. The van der Waals surface area contributed by atoms with Gasteiger partial charge in [0.2, 0.25) is 0 Å². The number of furan rings is 1. The van der Waals surface area contributed by atoms with Crippen LogP contribution in [0, 0.1) is 0 Å². The normalized spacial score (nSPS) is 13.1. The first kappa shape index (κ1) is 30.9. The molecule has 53 heavy (non-hydrogen) atoms. The number of anilines is 3. The minimum Gasteiger partial charge on any atom is -0.457 e.